The van der Waals surface area contributed by atoms with Crippen LogP contribution in [-0.4, -0.2) is 43.7 Å². The third-order valence-corrected chi connectivity index (χ3v) is 4.15. The summed E-state index contributed by atoms with van der Waals surface area (Å²) in [7, 11) is 0. The van der Waals surface area contributed by atoms with Gasteiger partial charge in [-0.1, -0.05) is 32.0 Å². The summed E-state index contributed by atoms with van der Waals surface area (Å²) in [5, 5.41) is 8.01. The first-order chi connectivity index (χ1) is 11.1. The highest BCUT2D eigenvalue weighted by Gasteiger charge is 2.28. The molecule has 0 bridgehead atoms. The van der Waals surface area contributed by atoms with Crippen LogP contribution >= 0.6 is 0 Å². The molecule has 0 radical (unpaired) electrons. The fourth-order valence-electron chi connectivity index (χ4n) is 2.94. The van der Waals surface area contributed by atoms with Crippen LogP contribution in [0.4, 0.5) is 0 Å². The molecule has 1 amide bonds. The predicted octanol–water partition coefficient (Wildman–Crippen LogP) is 1.25. The van der Waals surface area contributed by atoms with Crippen molar-refractivity contribution in [1.29, 1.82) is 0 Å². The van der Waals surface area contributed by atoms with Gasteiger partial charge in [0.05, 0.1) is 11.7 Å². The standard InChI is InChI=1S/C16H21N5O2/c1-12(2)15(22)19-10-6-9-14(11-19)21-16(23)20(17-18-21)13-7-4-3-5-8-13/h3-5,7-8,12,14H,6,9-11H2,1-2H3. The van der Waals surface area contributed by atoms with Gasteiger partial charge in [0.1, 0.15) is 0 Å². The van der Waals surface area contributed by atoms with E-state index in [2.05, 4.69) is 10.4 Å². The van der Waals surface area contributed by atoms with Crippen LogP contribution in [0, 0.1) is 5.92 Å². The van der Waals surface area contributed by atoms with Crippen molar-refractivity contribution >= 4 is 5.91 Å². The van der Waals surface area contributed by atoms with Gasteiger partial charge < -0.3 is 4.90 Å². The Morgan fingerprint density at radius 1 is 1.22 bits per heavy atom. The van der Waals surface area contributed by atoms with Gasteiger partial charge in [0, 0.05) is 19.0 Å². The Morgan fingerprint density at radius 2 is 1.96 bits per heavy atom. The first kappa shape index (κ1) is 15.5. The summed E-state index contributed by atoms with van der Waals surface area (Å²) in [6.45, 7) is 5.05. The van der Waals surface area contributed by atoms with Gasteiger partial charge in [-0.3, -0.25) is 4.79 Å². The van der Waals surface area contributed by atoms with Crippen molar-refractivity contribution in [3.8, 4) is 5.69 Å². The summed E-state index contributed by atoms with van der Waals surface area (Å²) >= 11 is 0. The van der Waals surface area contributed by atoms with Gasteiger partial charge in [-0.2, -0.15) is 9.36 Å². The second kappa shape index (κ2) is 6.36. The van der Waals surface area contributed by atoms with Crippen LogP contribution in [0.1, 0.15) is 32.7 Å². The Labute approximate surface area is 134 Å². The highest BCUT2D eigenvalue weighted by Crippen LogP contribution is 2.20. The predicted molar refractivity (Wildman–Crippen MR) is 85.3 cm³/mol. The zero-order valence-electron chi connectivity index (χ0n) is 13.4. The molecule has 1 aromatic carbocycles. The summed E-state index contributed by atoms with van der Waals surface area (Å²) in [4.78, 5) is 26.6. The maximum Gasteiger partial charge on any atom is 0.368 e. The average molecular weight is 315 g/mol. The third kappa shape index (κ3) is 3.04. The fraction of sp³-hybridized carbons (Fsp3) is 0.500. The zero-order valence-corrected chi connectivity index (χ0v) is 13.4. The first-order valence-corrected chi connectivity index (χ1v) is 7.96. The normalized spacial score (nSPS) is 18.4. The molecule has 0 spiro atoms. The number of piperidine rings is 1. The van der Waals surface area contributed by atoms with E-state index >= 15 is 0 Å². The number of nitrogens with zero attached hydrogens (tertiary/aromatic N) is 5. The van der Waals surface area contributed by atoms with Crippen LogP contribution in [0.25, 0.3) is 5.69 Å². The largest absolute Gasteiger partial charge is 0.368 e. The molecule has 0 aliphatic carbocycles. The summed E-state index contributed by atoms with van der Waals surface area (Å²) < 4.78 is 2.70. The summed E-state index contributed by atoms with van der Waals surface area (Å²) in [6, 6.07) is 9.10. The number of aromatic nitrogens is 4. The molecule has 2 aromatic rings. The second-order valence-corrected chi connectivity index (χ2v) is 6.19. The quantitative estimate of drug-likeness (QED) is 0.854. The van der Waals surface area contributed by atoms with Crippen molar-refractivity contribution < 1.29 is 4.79 Å². The Bertz CT molecular complexity index is 734. The van der Waals surface area contributed by atoms with E-state index in [4.69, 9.17) is 0 Å². The van der Waals surface area contributed by atoms with E-state index in [0.29, 0.717) is 12.2 Å². The van der Waals surface area contributed by atoms with E-state index in [0.717, 1.165) is 19.4 Å². The van der Waals surface area contributed by atoms with Crippen LogP contribution in [-0.2, 0) is 4.79 Å². The van der Waals surface area contributed by atoms with E-state index in [1.165, 1.54) is 9.36 Å². The molecule has 1 aromatic heterocycles. The van der Waals surface area contributed by atoms with E-state index in [-0.39, 0.29) is 23.6 Å². The number of rotatable bonds is 3. The number of para-hydroxylation sites is 1. The Hall–Kier alpha value is -2.44. The zero-order chi connectivity index (χ0) is 16.4. The number of hydrogen-bond acceptors (Lipinski definition) is 4. The van der Waals surface area contributed by atoms with Crippen LogP contribution in [0.2, 0.25) is 0 Å². The van der Waals surface area contributed by atoms with Gasteiger partial charge in [-0.05, 0) is 35.4 Å². The van der Waals surface area contributed by atoms with Gasteiger partial charge in [-0.15, -0.1) is 0 Å². The second-order valence-electron chi connectivity index (χ2n) is 6.19. The van der Waals surface area contributed by atoms with E-state index in [9.17, 15) is 9.59 Å². The number of benzene rings is 1. The molecule has 3 rings (SSSR count). The molecular formula is C16H21N5O2. The van der Waals surface area contributed by atoms with Gasteiger partial charge in [0.15, 0.2) is 0 Å². The lowest BCUT2D eigenvalue weighted by Crippen LogP contribution is -2.44. The molecular weight excluding hydrogens is 294 g/mol. The molecule has 1 aliphatic heterocycles. The third-order valence-electron chi connectivity index (χ3n) is 4.15. The number of amides is 1. The van der Waals surface area contributed by atoms with Gasteiger partial charge in [-0.25, -0.2) is 4.79 Å². The highest BCUT2D eigenvalue weighted by molar-refractivity contribution is 5.78. The monoisotopic (exact) mass is 315 g/mol. The molecule has 2 heterocycles. The molecule has 1 fully saturated rings. The lowest BCUT2D eigenvalue weighted by Gasteiger charge is -2.33. The number of carbonyl (C=O) groups excluding carboxylic acids is 1. The molecule has 1 atom stereocenters. The smallest absolute Gasteiger partial charge is 0.340 e. The Kier molecular flexibility index (Phi) is 4.27. The number of hydrogen-bond donors (Lipinski definition) is 0. The molecule has 0 saturated carbocycles. The van der Waals surface area contributed by atoms with Crippen molar-refractivity contribution in [1.82, 2.24) is 24.7 Å². The summed E-state index contributed by atoms with van der Waals surface area (Å²) in [5.74, 6) is 0.0867. The van der Waals surface area contributed by atoms with Crippen LogP contribution in [0.15, 0.2) is 35.1 Å². The van der Waals surface area contributed by atoms with Gasteiger partial charge >= 0.3 is 5.69 Å². The molecule has 1 aliphatic rings. The molecule has 1 saturated heterocycles. The van der Waals surface area contributed by atoms with E-state index in [1.807, 2.05) is 49.1 Å². The Morgan fingerprint density at radius 3 is 2.65 bits per heavy atom. The average Bonchev–Trinajstić information content (AvgIpc) is 2.96. The van der Waals surface area contributed by atoms with Crippen molar-refractivity contribution in [2.75, 3.05) is 13.1 Å². The van der Waals surface area contributed by atoms with E-state index in [1.54, 1.807) is 0 Å². The van der Waals surface area contributed by atoms with Crippen molar-refractivity contribution in [3.63, 3.8) is 0 Å². The minimum Gasteiger partial charge on any atom is -0.340 e. The minimum atomic E-state index is -0.264. The van der Waals surface area contributed by atoms with Crippen molar-refractivity contribution in [2.24, 2.45) is 5.92 Å². The number of tetrazole rings is 1. The molecule has 0 N–H and O–H groups in total. The molecule has 7 nitrogen and oxygen atoms in total. The Balaban J connectivity index is 1.84. The van der Waals surface area contributed by atoms with Gasteiger partial charge in [0.25, 0.3) is 0 Å². The lowest BCUT2D eigenvalue weighted by atomic mass is 10.0. The van der Waals surface area contributed by atoms with Crippen LogP contribution in [0.5, 0.6) is 0 Å². The summed E-state index contributed by atoms with van der Waals surface area (Å²) in [6.07, 6.45) is 1.70. The lowest BCUT2D eigenvalue weighted by molar-refractivity contribution is -0.136. The summed E-state index contributed by atoms with van der Waals surface area (Å²) in [5.41, 5.74) is 0.426. The molecule has 122 valence electrons. The topological polar surface area (TPSA) is 73.0 Å². The van der Waals surface area contributed by atoms with Crippen molar-refractivity contribution in [2.45, 2.75) is 32.7 Å². The molecule has 23 heavy (non-hydrogen) atoms. The number of carbonyl (C=O) groups is 1. The van der Waals surface area contributed by atoms with Crippen LogP contribution < -0.4 is 5.69 Å². The van der Waals surface area contributed by atoms with E-state index < -0.39 is 0 Å². The minimum absolute atomic E-state index is 0.0366. The maximum absolute atomic E-state index is 12.6. The number of likely N-dealkylation sites (tertiary alicyclic amines) is 1. The maximum atomic E-state index is 12.6. The first-order valence-electron chi connectivity index (χ1n) is 7.96. The van der Waals surface area contributed by atoms with Crippen molar-refractivity contribution in [3.05, 3.63) is 40.8 Å². The van der Waals surface area contributed by atoms with Gasteiger partial charge in [0.2, 0.25) is 5.91 Å². The SMILES string of the molecule is CC(C)C(=O)N1CCCC(n2nnn(-c3ccccc3)c2=O)C1. The van der Waals surface area contributed by atoms with Crippen LogP contribution in [0.3, 0.4) is 0 Å². The highest BCUT2D eigenvalue weighted by atomic mass is 16.2. The molecule has 7 heteroatoms. The fourth-order valence-corrected chi connectivity index (χ4v) is 2.94. The molecule has 1 unspecified atom stereocenters.